The second kappa shape index (κ2) is 7.05. The number of hydrogen-bond donors (Lipinski definition) is 1. The van der Waals surface area contributed by atoms with Crippen LogP contribution in [0.4, 0.5) is 0 Å². The van der Waals surface area contributed by atoms with Gasteiger partial charge in [0.15, 0.2) is 0 Å². The molecule has 0 aromatic carbocycles. The van der Waals surface area contributed by atoms with E-state index in [4.69, 9.17) is 0 Å². The van der Waals surface area contributed by atoms with Crippen molar-refractivity contribution in [1.29, 1.82) is 0 Å². The van der Waals surface area contributed by atoms with Gasteiger partial charge in [-0.3, -0.25) is 0 Å². The topological polar surface area (TPSA) is 12.0 Å². The van der Waals surface area contributed by atoms with Gasteiger partial charge in [0.2, 0.25) is 0 Å². The van der Waals surface area contributed by atoms with Crippen molar-refractivity contribution >= 4 is 0 Å². The number of nitrogens with one attached hydrogen (secondary N) is 1. The highest BCUT2D eigenvalue weighted by Crippen LogP contribution is 2.29. The van der Waals surface area contributed by atoms with E-state index in [-0.39, 0.29) is 0 Å². The first-order chi connectivity index (χ1) is 7.22. The minimum Gasteiger partial charge on any atom is -0.314 e. The highest BCUT2D eigenvalue weighted by Gasteiger charge is 2.16. The van der Waals surface area contributed by atoms with E-state index in [0.29, 0.717) is 6.04 Å². The monoisotopic (exact) mass is 209 g/mol. The Hall–Kier alpha value is -0.300. The summed E-state index contributed by atoms with van der Waals surface area (Å²) in [4.78, 5) is 0. The van der Waals surface area contributed by atoms with E-state index in [2.05, 4.69) is 25.7 Å². The molecular weight excluding hydrogens is 182 g/mol. The van der Waals surface area contributed by atoms with Gasteiger partial charge in [-0.1, -0.05) is 38.2 Å². The van der Waals surface area contributed by atoms with Gasteiger partial charge in [-0.25, -0.2) is 0 Å². The summed E-state index contributed by atoms with van der Waals surface area (Å²) >= 11 is 0. The Balaban J connectivity index is 2.20. The molecule has 1 aliphatic rings. The highest BCUT2D eigenvalue weighted by molar-refractivity contribution is 4.93. The summed E-state index contributed by atoms with van der Waals surface area (Å²) in [5.74, 6) is 1.02. The maximum atomic E-state index is 4.02. The first-order valence-corrected chi connectivity index (χ1v) is 6.60. The van der Waals surface area contributed by atoms with Crippen molar-refractivity contribution in [2.75, 3.05) is 6.54 Å². The average molecular weight is 209 g/mol. The van der Waals surface area contributed by atoms with Gasteiger partial charge in [-0.05, 0) is 38.6 Å². The Kier molecular flexibility index (Phi) is 6.00. The molecule has 1 rings (SSSR count). The van der Waals surface area contributed by atoms with E-state index in [9.17, 15) is 0 Å². The lowest BCUT2D eigenvalue weighted by Crippen LogP contribution is -2.29. The molecule has 0 bridgehead atoms. The first-order valence-electron chi connectivity index (χ1n) is 6.60. The highest BCUT2D eigenvalue weighted by atomic mass is 14.9. The molecule has 0 saturated heterocycles. The maximum Gasteiger partial charge on any atom is 0.0104 e. The molecular formula is C14H27N. The van der Waals surface area contributed by atoms with Gasteiger partial charge >= 0.3 is 0 Å². The van der Waals surface area contributed by atoms with Gasteiger partial charge in [0.05, 0.1) is 0 Å². The number of rotatable bonds is 7. The van der Waals surface area contributed by atoms with Crippen LogP contribution >= 0.6 is 0 Å². The van der Waals surface area contributed by atoms with E-state index < -0.39 is 0 Å². The van der Waals surface area contributed by atoms with Crippen molar-refractivity contribution in [3.8, 4) is 0 Å². The summed E-state index contributed by atoms with van der Waals surface area (Å²) < 4.78 is 0. The van der Waals surface area contributed by atoms with Crippen LogP contribution in [-0.4, -0.2) is 12.6 Å². The van der Waals surface area contributed by atoms with Crippen LogP contribution in [0.5, 0.6) is 0 Å². The van der Waals surface area contributed by atoms with Crippen molar-refractivity contribution in [3.63, 3.8) is 0 Å². The van der Waals surface area contributed by atoms with E-state index >= 15 is 0 Å². The normalized spacial score (nSPS) is 19.3. The molecule has 1 unspecified atom stereocenters. The predicted molar refractivity (Wildman–Crippen MR) is 68.1 cm³/mol. The molecule has 0 aromatic rings. The quantitative estimate of drug-likeness (QED) is 0.627. The molecule has 1 fully saturated rings. The number of hydrogen-bond acceptors (Lipinski definition) is 1. The van der Waals surface area contributed by atoms with Crippen LogP contribution in [0.25, 0.3) is 0 Å². The van der Waals surface area contributed by atoms with Gasteiger partial charge in [-0.2, -0.15) is 0 Å². The van der Waals surface area contributed by atoms with Crippen LogP contribution in [0.1, 0.15) is 58.8 Å². The zero-order valence-corrected chi connectivity index (χ0v) is 10.5. The second-order valence-corrected chi connectivity index (χ2v) is 5.14. The summed E-state index contributed by atoms with van der Waals surface area (Å²) in [5.41, 5.74) is 1.31. The van der Waals surface area contributed by atoms with Gasteiger partial charge in [0, 0.05) is 6.04 Å². The summed E-state index contributed by atoms with van der Waals surface area (Å²) in [6, 6.07) is 0.674. The molecule has 0 aliphatic heterocycles. The minimum atomic E-state index is 0.674. The smallest absolute Gasteiger partial charge is 0.0104 e. The third-order valence-corrected chi connectivity index (χ3v) is 3.49. The Labute approximate surface area is 95.3 Å². The molecule has 0 radical (unpaired) electrons. The SMILES string of the molecule is C=C(C)CC(CCC1CCCC1)NCC. The summed E-state index contributed by atoms with van der Waals surface area (Å²) in [5, 5.41) is 3.58. The van der Waals surface area contributed by atoms with Gasteiger partial charge in [0.1, 0.15) is 0 Å². The third-order valence-electron chi connectivity index (χ3n) is 3.49. The van der Waals surface area contributed by atoms with Crippen LogP contribution in [0.15, 0.2) is 12.2 Å². The standard InChI is InChI=1S/C14H27N/c1-4-15-14(11-12(2)3)10-9-13-7-5-6-8-13/h13-15H,2,4-11H2,1,3H3. The third kappa shape index (κ3) is 5.36. The molecule has 1 saturated carbocycles. The molecule has 1 nitrogen and oxygen atoms in total. The molecule has 1 aliphatic carbocycles. The molecule has 1 atom stereocenters. The molecule has 88 valence electrons. The molecule has 1 N–H and O–H groups in total. The Morgan fingerprint density at radius 1 is 1.40 bits per heavy atom. The van der Waals surface area contributed by atoms with Gasteiger partial charge in [-0.15, -0.1) is 6.58 Å². The summed E-state index contributed by atoms with van der Waals surface area (Å²) in [6.07, 6.45) is 9.81. The lowest BCUT2D eigenvalue weighted by atomic mass is 9.95. The van der Waals surface area contributed by atoms with Crippen LogP contribution in [0, 0.1) is 5.92 Å². The van der Waals surface area contributed by atoms with E-state index in [1.54, 1.807) is 0 Å². The lowest BCUT2D eigenvalue weighted by Gasteiger charge is -2.19. The fraction of sp³-hybridized carbons (Fsp3) is 0.857. The fourth-order valence-electron chi connectivity index (χ4n) is 2.72. The Bertz CT molecular complexity index is 180. The molecule has 0 heterocycles. The minimum absolute atomic E-state index is 0.674. The average Bonchev–Trinajstić information content (AvgIpc) is 2.66. The lowest BCUT2D eigenvalue weighted by molar-refractivity contribution is 0.407. The Morgan fingerprint density at radius 2 is 2.07 bits per heavy atom. The van der Waals surface area contributed by atoms with Gasteiger partial charge < -0.3 is 5.32 Å². The van der Waals surface area contributed by atoms with Crippen molar-refractivity contribution in [3.05, 3.63) is 12.2 Å². The largest absolute Gasteiger partial charge is 0.314 e. The first kappa shape index (κ1) is 12.8. The van der Waals surface area contributed by atoms with E-state index in [1.165, 1.54) is 44.1 Å². The van der Waals surface area contributed by atoms with Crippen molar-refractivity contribution in [2.24, 2.45) is 5.92 Å². The van der Waals surface area contributed by atoms with Crippen LogP contribution < -0.4 is 5.32 Å². The summed E-state index contributed by atoms with van der Waals surface area (Å²) in [6.45, 7) is 9.44. The van der Waals surface area contributed by atoms with Crippen molar-refractivity contribution in [1.82, 2.24) is 5.32 Å². The molecule has 15 heavy (non-hydrogen) atoms. The summed E-state index contributed by atoms with van der Waals surface area (Å²) in [7, 11) is 0. The zero-order valence-electron chi connectivity index (χ0n) is 10.5. The second-order valence-electron chi connectivity index (χ2n) is 5.14. The van der Waals surface area contributed by atoms with Crippen LogP contribution in [0.2, 0.25) is 0 Å². The van der Waals surface area contributed by atoms with Crippen molar-refractivity contribution < 1.29 is 0 Å². The molecule has 0 aromatic heterocycles. The molecule has 0 spiro atoms. The fourth-order valence-corrected chi connectivity index (χ4v) is 2.72. The molecule has 0 amide bonds. The van der Waals surface area contributed by atoms with Crippen molar-refractivity contribution in [2.45, 2.75) is 64.8 Å². The van der Waals surface area contributed by atoms with Crippen LogP contribution in [0.3, 0.4) is 0 Å². The van der Waals surface area contributed by atoms with E-state index in [0.717, 1.165) is 18.9 Å². The van der Waals surface area contributed by atoms with E-state index in [1.807, 2.05) is 0 Å². The predicted octanol–water partition coefficient (Wildman–Crippen LogP) is 3.90. The van der Waals surface area contributed by atoms with Crippen LogP contribution in [-0.2, 0) is 0 Å². The molecule has 1 heteroatoms. The van der Waals surface area contributed by atoms with Gasteiger partial charge in [0.25, 0.3) is 0 Å². The Morgan fingerprint density at radius 3 is 2.60 bits per heavy atom. The zero-order chi connectivity index (χ0) is 11.1. The maximum absolute atomic E-state index is 4.02.